The third-order valence-electron chi connectivity index (χ3n) is 3.82. The van der Waals surface area contributed by atoms with Crippen molar-refractivity contribution in [2.45, 2.75) is 12.8 Å². The van der Waals surface area contributed by atoms with Gasteiger partial charge in [-0.3, -0.25) is 0 Å². The zero-order valence-electron chi connectivity index (χ0n) is 10.9. The van der Waals surface area contributed by atoms with Crippen LogP contribution in [-0.2, 0) is 6.42 Å². The Hall–Kier alpha value is -2.29. The van der Waals surface area contributed by atoms with E-state index in [2.05, 4.69) is 17.4 Å². The molecule has 100 valence electrons. The van der Waals surface area contributed by atoms with Crippen molar-refractivity contribution in [1.82, 2.24) is 0 Å². The first-order valence-corrected chi connectivity index (χ1v) is 6.86. The van der Waals surface area contributed by atoms with Crippen LogP contribution in [0.2, 0.25) is 0 Å². The van der Waals surface area contributed by atoms with Crippen molar-refractivity contribution in [1.29, 1.82) is 0 Å². The van der Waals surface area contributed by atoms with Crippen LogP contribution in [0.15, 0.2) is 46.9 Å². The Bertz CT molecular complexity index is 791. The third-order valence-corrected chi connectivity index (χ3v) is 3.82. The maximum atomic E-state index is 13.7. The summed E-state index contributed by atoms with van der Waals surface area (Å²) >= 11 is 0. The quantitative estimate of drug-likeness (QED) is 0.697. The van der Waals surface area contributed by atoms with Crippen molar-refractivity contribution < 1.29 is 8.81 Å². The summed E-state index contributed by atoms with van der Waals surface area (Å²) in [5, 5.41) is 4.19. The predicted octanol–water partition coefficient (Wildman–Crippen LogP) is 4.60. The first kappa shape index (κ1) is 11.5. The first-order chi connectivity index (χ1) is 9.81. The monoisotopic (exact) mass is 267 g/mol. The number of aryl methyl sites for hydroxylation is 1. The smallest absolute Gasteiger partial charge is 0.170 e. The summed E-state index contributed by atoms with van der Waals surface area (Å²) in [4.78, 5) is 0. The van der Waals surface area contributed by atoms with Crippen molar-refractivity contribution in [3.63, 3.8) is 0 Å². The molecule has 1 aromatic heterocycles. The lowest BCUT2D eigenvalue weighted by Crippen LogP contribution is -2.11. The van der Waals surface area contributed by atoms with Gasteiger partial charge in [-0.1, -0.05) is 12.1 Å². The molecule has 3 heteroatoms. The van der Waals surface area contributed by atoms with E-state index in [1.807, 2.05) is 18.2 Å². The van der Waals surface area contributed by atoms with E-state index < -0.39 is 0 Å². The van der Waals surface area contributed by atoms with E-state index in [9.17, 15) is 4.39 Å². The van der Waals surface area contributed by atoms with Crippen LogP contribution in [0, 0.1) is 5.82 Å². The predicted molar refractivity (Wildman–Crippen MR) is 78.4 cm³/mol. The van der Waals surface area contributed by atoms with Gasteiger partial charge in [-0.2, -0.15) is 0 Å². The molecule has 0 unspecified atom stereocenters. The molecule has 0 spiro atoms. The Kier molecular flexibility index (Phi) is 2.52. The fourth-order valence-electron chi connectivity index (χ4n) is 2.80. The summed E-state index contributed by atoms with van der Waals surface area (Å²) in [5.41, 5.74) is 3.83. The van der Waals surface area contributed by atoms with E-state index in [1.165, 1.54) is 17.3 Å². The molecule has 1 N–H and O–H groups in total. The molecule has 2 heterocycles. The number of hydrogen-bond donors (Lipinski definition) is 1. The number of anilines is 1. The van der Waals surface area contributed by atoms with E-state index in [0.717, 1.165) is 36.1 Å². The van der Waals surface area contributed by atoms with E-state index in [-0.39, 0.29) is 5.82 Å². The van der Waals surface area contributed by atoms with E-state index in [1.54, 1.807) is 6.07 Å². The Morgan fingerprint density at radius 2 is 2.05 bits per heavy atom. The molecule has 1 aliphatic heterocycles. The number of benzene rings is 2. The van der Waals surface area contributed by atoms with Gasteiger partial charge in [-0.15, -0.1) is 0 Å². The van der Waals surface area contributed by atoms with Crippen molar-refractivity contribution in [2.24, 2.45) is 0 Å². The van der Waals surface area contributed by atoms with Gasteiger partial charge in [0.25, 0.3) is 0 Å². The largest absolute Gasteiger partial charge is 0.453 e. The lowest BCUT2D eigenvalue weighted by molar-refractivity contribution is 0.568. The minimum atomic E-state index is -0.312. The molecule has 4 rings (SSSR count). The Balaban J connectivity index is 1.84. The van der Waals surface area contributed by atoms with Crippen molar-refractivity contribution in [2.75, 3.05) is 11.9 Å². The Morgan fingerprint density at radius 3 is 2.95 bits per heavy atom. The SMILES string of the molecule is Fc1cccc2cc(-c3ccc4c(c3)CCCN4)oc12. The molecule has 0 atom stereocenters. The molecule has 1 aliphatic rings. The highest BCUT2D eigenvalue weighted by molar-refractivity contribution is 5.83. The molecular formula is C17H14FNO. The van der Waals surface area contributed by atoms with Gasteiger partial charge in [-0.25, -0.2) is 4.39 Å². The van der Waals surface area contributed by atoms with Crippen LogP contribution < -0.4 is 5.32 Å². The minimum absolute atomic E-state index is 0.312. The Morgan fingerprint density at radius 1 is 1.10 bits per heavy atom. The maximum Gasteiger partial charge on any atom is 0.170 e. The third kappa shape index (κ3) is 1.78. The summed E-state index contributed by atoms with van der Waals surface area (Å²) in [6.07, 6.45) is 2.22. The van der Waals surface area contributed by atoms with Gasteiger partial charge >= 0.3 is 0 Å². The van der Waals surface area contributed by atoms with Crippen molar-refractivity contribution in [3.8, 4) is 11.3 Å². The van der Waals surface area contributed by atoms with Gasteiger partial charge in [0.15, 0.2) is 11.4 Å². The van der Waals surface area contributed by atoms with Gasteiger partial charge in [0.2, 0.25) is 0 Å². The highest BCUT2D eigenvalue weighted by atomic mass is 19.1. The molecule has 0 saturated carbocycles. The Labute approximate surface area is 116 Å². The number of fused-ring (bicyclic) bond motifs is 2. The van der Waals surface area contributed by atoms with Crippen LogP contribution >= 0.6 is 0 Å². The molecule has 20 heavy (non-hydrogen) atoms. The summed E-state index contributed by atoms with van der Waals surface area (Å²) in [5.74, 6) is 0.409. The minimum Gasteiger partial charge on any atom is -0.453 e. The van der Waals surface area contributed by atoms with Crippen molar-refractivity contribution in [3.05, 3.63) is 53.8 Å². The van der Waals surface area contributed by atoms with Gasteiger partial charge in [0, 0.05) is 23.2 Å². The number of nitrogens with one attached hydrogen (secondary N) is 1. The molecule has 0 aliphatic carbocycles. The molecule has 0 radical (unpaired) electrons. The molecule has 0 bridgehead atoms. The number of furan rings is 1. The van der Waals surface area contributed by atoms with E-state index in [4.69, 9.17) is 4.42 Å². The molecular weight excluding hydrogens is 253 g/mol. The van der Waals surface area contributed by atoms with E-state index in [0.29, 0.717) is 5.58 Å². The van der Waals surface area contributed by atoms with E-state index >= 15 is 0 Å². The molecule has 2 aromatic carbocycles. The summed E-state index contributed by atoms with van der Waals surface area (Å²) in [7, 11) is 0. The zero-order valence-corrected chi connectivity index (χ0v) is 10.9. The average molecular weight is 267 g/mol. The number of rotatable bonds is 1. The fourth-order valence-corrected chi connectivity index (χ4v) is 2.80. The second-order valence-electron chi connectivity index (χ2n) is 5.17. The topological polar surface area (TPSA) is 25.2 Å². The van der Waals surface area contributed by atoms with Crippen LogP contribution in [0.25, 0.3) is 22.3 Å². The van der Waals surface area contributed by atoms with Crippen LogP contribution in [0.4, 0.5) is 10.1 Å². The van der Waals surface area contributed by atoms with Gasteiger partial charge in [0.1, 0.15) is 5.76 Å². The number of para-hydroxylation sites is 1. The maximum absolute atomic E-state index is 13.7. The van der Waals surface area contributed by atoms with Crippen LogP contribution in [-0.4, -0.2) is 6.54 Å². The lowest BCUT2D eigenvalue weighted by Gasteiger charge is -2.18. The van der Waals surface area contributed by atoms with Gasteiger partial charge in [-0.05, 0) is 48.7 Å². The molecule has 2 nitrogen and oxygen atoms in total. The second-order valence-corrected chi connectivity index (χ2v) is 5.17. The summed E-state index contributed by atoms with van der Waals surface area (Å²) in [6, 6.07) is 13.1. The van der Waals surface area contributed by atoms with Crippen LogP contribution in [0.5, 0.6) is 0 Å². The molecule has 0 fully saturated rings. The molecule has 3 aromatic rings. The number of hydrogen-bond acceptors (Lipinski definition) is 2. The lowest BCUT2D eigenvalue weighted by atomic mass is 10.00. The van der Waals surface area contributed by atoms with Crippen LogP contribution in [0.1, 0.15) is 12.0 Å². The van der Waals surface area contributed by atoms with Crippen LogP contribution in [0.3, 0.4) is 0 Å². The highest BCUT2D eigenvalue weighted by Gasteiger charge is 2.13. The highest BCUT2D eigenvalue weighted by Crippen LogP contribution is 2.32. The fraction of sp³-hybridized carbons (Fsp3) is 0.176. The van der Waals surface area contributed by atoms with Gasteiger partial charge < -0.3 is 9.73 Å². The second kappa shape index (κ2) is 4.37. The standard InChI is InChI=1S/C17H14FNO/c18-14-5-1-3-13-10-16(20-17(13)14)12-6-7-15-11(9-12)4-2-8-19-15/h1,3,5-7,9-10,19H,2,4,8H2. The molecule has 0 saturated heterocycles. The van der Waals surface area contributed by atoms with Gasteiger partial charge in [0.05, 0.1) is 0 Å². The average Bonchev–Trinajstić information content (AvgIpc) is 2.92. The van der Waals surface area contributed by atoms with Crippen molar-refractivity contribution >= 4 is 16.7 Å². The first-order valence-electron chi connectivity index (χ1n) is 6.86. The normalized spacial score (nSPS) is 14.1. The summed E-state index contributed by atoms with van der Waals surface area (Å²) in [6.45, 7) is 1.03. The molecule has 0 amide bonds. The summed E-state index contributed by atoms with van der Waals surface area (Å²) < 4.78 is 19.4. The zero-order chi connectivity index (χ0) is 13.5. The number of halogens is 1.